The van der Waals surface area contributed by atoms with Crippen molar-refractivity contribution in [3.63, 3.8) is 0 Å². The topological polar surface area (TPSA) is 99.0 Å². The lowest BCUT2D eigenvalue weighted by Crippen LogP contribution is -2.40. The second-order valence-corrected chi connectivity index (χ2v) is 7.36. The van der Waals surface area contributed by atoms with Crippen molar-refractivity contribution in [3.8, 4) is 11.3 Å². The van der Waals surface area contributed by atoms with Gasteiger partial charge in [0.05, 0.1) is 17.8 Å². The zero-order valence-electron chi connectivity index (χ0n) is 15.8. The fourth-order valence-corrected chi connectivity index (χ4v) is 3.43. The Hall–Kier alpha value is -2.90. The number of amides is 2. The highest BCUT2D eigenvalue weighted by Crippen LogP contribution is 2.27. The van der Waals surface area contributed by atoms with Crippen molar-refractivity contribution >= 4 is 11.8 Å². The third-order valence-corrected chi connectivity index (χ3v) is 4.71. The number of carbonyl (C=O) groups is 2. The third kappa shape index (κ3) is 4.10. The molecule has 27 heavy (non-hydrogen) atoms. The Morgan fingerprint density at radius 3 is 2.85 bits per heavy atom. The molecular formula is C19H26N6O2. The number of likely N-dealkylation sites (tertiary alicyclic amines) is 1. The maximum atomic E-state index is 12.0. The van der Waals surface area contributed by atoms with Gasteiger partial charge in [0.1, 0.15) is 5.69 Å². The number of rotatable bonds is 6. The molecule has 2 aromatic rings. The Bertz CT molecular complexity index is 850. The average Bonchev–Trinajstić information content (AvgIpc) is 3.27. The molecule has 1 unspecified atom stereocenters. The molecular weight excluding hydrogens is 344 g/mol. The molecule has 0 saturated carbocycles. The first kappa shape index (κ1) is 18.9. The Morgan fingerprint density at radius 2 is 2.19 bits per heavy atom. The van der Waals surface area contributed by atoms with Crippen LogP contribution in [0.25, 0.3) is 11.3 Å². The van der Waals surface area contributed by atoms with Gasteiger partial charge < -0.3 is 10.6 Å². The van der Waals surface area contributed by atoms with Crippen molar-refractivity contribution in [1.29, 1.82) is 0 Å². The summed E-state index contributed by atoms with van der Waals surface area (Å²) in [7, 11) is 0. The Labute approximate surface area is 158 Å². The van der Waals surface area contributed by atoms with E-state index in [-0.39, 0.29) is 11.9 Å². The average molecular weight is 370 g/mol. The third-order valence-electron chi connectivity index (χ3n) is 4.71. The first-order chi connectivity index (χ1) is 12.9. The van der Waals surface area contributed by atoms with E-state index in [1.54, 1.807) is 22.0 Å². The quantitative estimate of drug-likeness (QED) is 0.785. The lowest BCUT2D eigenvalue weighted by atomic mass is 10.1. The van der Waals surface area contributed by atoms with Crippen LogP contribution in [0.1, 0.15) is 43.1 Å². The molecule has 2 aromatic heterocycles. The van der Waals surface area contributed by atoms with Crippen LogP contribution in [-0.2, 0) is 11.3 Å². The van der Waals surface area contributed by atoms with Gasteiger partial charge in [0.25, 0.3) is 5.91 Å². The van der Waals surface area contributed by atoms with E-state index in [1.165, 1.54) is 6.08 Å². The molecule has 1 fully saturated rings. The van der Waals surface area contributed by atoms with Crippen molar-refractivity contribution in [2.45, 2.75) is 39.3 Å². The van der Waals surface area contributed by atoms with Gasteiger partial charge in [-0.3, -0.25) is 19.0 Å². The fraction of sp³-hybridized carbons (Fsp3) is 0.474. The van der Waals surface area contributed by atoms with E-state index in [0.717, 1.165) is 24.9 Å². The van der Waals surface area contributed by atoms with E-state index in [4.69, 9.17) is 5.73 Å². The molecule has 1 atom stereocenters. The molecule has 1 aliphatic rings. The minimum atomic E-state index is -0.525. The molecule has 2 amide bonds. The second kappa shape index (κ2) is 7.77. The number of nitrogens with zero attached hydrogens (tertiary/aromatic N) is 5. The van der Waals surface area contributed by atoms with Crippen LogP contribution in [-0.4, -0.2) is 49.4 Å². The Morgan fingerprint density at radius 1 is 1.41 bits per heavy atom. The molecule has 1 saturated heterocycles. The van der Waals surface area contributed by atoms with Crippen molar-refractivity contribution < 1.29 is 9.59 Å². The summed E-state index contributed by atoms with van der Waals surface area (Å²) in [6, 6.07) is 0.000193. The highest BCUT2D eigenvalue weighted by Gasteiger charge is 2.26. The number of aromatic nitrogens is 4. The Balaban J connectivity index is 1.89. The number of hydrogen-bond acceptors (Lipinski definition) is 4. The molecule has 2 N–H and O–H groups in total. The predicted octanol–water partition coefficient (Wildman–Crippen LogP) is 1.85. The number of carbonyl (C=O) groups excluding carboxylic acids is 2. The number of hydrogen-bond donors (Lipinski definition) is 1. The molecule has 3 heterocycles. The van der Waals surface area contributed by atoms with Gasteiger partial charge >= 0.3 is 0 Å². The monoisotopic (exact) mass is 370 g/mol. The van der Waals surface area contributed by atoms with Crippen molar-refractivity contribution in [1.82, 2.24) is 24.5 Å². The molecule has 1 aliphatic heterocycles. The summed E-state index contributed by atoms with van der Waals surface area (Å²) >= 11 is 0. The van der Waals surface area contributed by atoms with Gasteiger partial charge in [-0.05, 0) is 24.8 Å². The predicted molar refractivity (Wildman–Crippen MR) is 102 cm³/mol. The molecule has 8 heteroatoms. The maximum absolute atomic E-state index is 12.0. The van der Waals surface area contributed by atoms with Gasteiger partial charge in [-0.1, -0.05) is 20.4 Å². The first-order valence-corrected chi connectivity index (χ1v) is 9.22. The molecule has 0 radical (unpaired) electrons. The van der Waals surface area contributed by atoms with Crippen LogP contribution in [0.2, 0.25) is 0 Å². The van der Waals surface area contributed by atoms with Crippen LogP contribution < -0.4 is 5.73 Å². The van der Waals surface area contributed by atoms with Crippen molar-refractivity contribution in [3.05, 3.63) is 36.8 Å². The number of nitrogens with two attached hydrogens (primary N) is 1. The van der Waals surface area contributed by atoms with Crippen LogP contribution in [0.15, 0.2) is 31.2 Å². The van der Waals surface area contributed by atoms with Crippen LogP contribution in [0.4, 0.5) is 0 Å². The SMILES string of the molecule is C=CC(=O)N1CCCC(n2cc(C(N)=O)c(-c3cnn(CC(C)C)c3)n2)C1. The standard InChI is InChI=1S/C19H26N6O2/c1-4-17(26)23-7-5-6-15(11-23)25-12-16(19(20)27)18(22-25)14-8-21-24(10-14)9-13(2)3/h4,8,10,12-13,15H,1,5-7,9,11H2,2-3H3,(H2,20,27). The van der Waals surface area contributed by atoms with E-state index in [2.05, 4.69) is 30.6 Å². The van der Waals surface area contributed by atoms with E-state index in [0.29, 0.717) is 30.3 Å². The van der Waals surface area contributed by atoms with E-state index >= 15 is 0 Å². The first-order valence-electron chi connectivity index (χ1n) is 9.22. The molecule has 144 valence electrons. The van der Waals surface area contributed by atoms with Gasteiger partial charge in [-0.15, -0.1) is 0 Å². The normalized spacial score (nSPS) is 17.3. The molecule has 0 bridgehead atoms. The highest BCUT2D eigenvalue weighted by atomic mass is 16.2. The lowest BCUT2D eigenvalue weighted by Gasteiger charge is -2.32. The summed E-state index contributed by atoms with van der Waals surface area (Å²) in [5, 5.41) is 8.99. The van der Waals surface area contributed by atoms with Crippen molar-refractivity contribution in [2.75, 3.05) is 13.1 Å². The minimum Gasteiger partial charge on any atom is -0.365 e. The molecule has 8 nitrogen and oxygen atoms in total. The Kier molecular flexibility index (Phi) is 5.43. The summed E-state index contributed by atoms with van der Waals surface area (Å²) < 4.78 is 3.60. The smallest absolute Gasteiger partial charge is 0.252 e. The zero-order chi connectivity index (χ0) is 19.6. The van der Waals surface area contributed by atoms with Crippen LogP contribution in [0.3, 0.4) is 0 Å². The molecule has 0 aromatic carbocycles. The number of primary amides is 1. The van der Waals surface area contributed by atoms with E-state index < -0.39 is 5.91 Å². The van der Waals surface area contributed by atoms with Gasteiger partial charge in [0, 0.05) is 37.6 Å². The lowest BCUT2D eigenvalue weighted by molar-refractivity contribution is -0.127. The molecule has 3 rings (SSSR count). The summed E-state index contributed by atoms with van der Waals surface area (Å²) in [5.41, 5.74) is 7.24. The van der Waals surface area contributed by atoms with Crippen LogP contribution >= 0.6 is 0 Å². The summed E-state index contributed by atoms with van der Waals surface area (Å²) in [6.45, 7) is 9.82. The van der Waals surface area contributed by atoms with Crippen LogP contribution in [0, 0.1) is 5.92 Å². The van der Waals surface area contributed by atoms with Gasteiger partial charge in [0.2, 0.25) is 5.91 Å². The van der Waals surface area contributed by atoms with E-state index in [9.17, 15) is 9.59 Å². The summed E-state index contributed by atoms with van der Waals surface area (Å²) in [6.07, 6.45) is 8.35. The summed E-state index contributed by atoms with van der Waals surface area (Å²) in [5.74, 6) is -0.151. The molecule has 0 aliphatic carbocycles. The van der Waals surface area contributed by atoms with Gasteiger partial charge in [-0.2, -0.15) is 10.2 Å². The van der Waals surface area contributed by atoms with Gasteiger partial charge in [-0.25, -0.2) is 0 Å². The molecule has 0 spiro atoms. The maximum Gasteiger partial charge on any atom is 0.252 e. The fourth-order valence-electron chi connectivity index (χ4n) is 3.43. The van der Waals surface area contributed by atoms with E-state index in [1.807, 2.05) is 10.9 Å². The van der Waals surface area contributed by atoms with Crippen LogP contribution in [0.5, 0.6) is 0 Å². The number of piperidine rings is 1. The minimum absolute atomic E-state index is 0.000193. The largest absolute Gasteiger partial charge is 0.365 e. The summed E-state index contributed by atoms with van der Waals surface area (Å²) in [4.78, 5) is 25.6. The van der Waals surface area contributed by atoms with Gasteiger partial charge in [0.15, 0.2) is 0 Å². The zero-order valence-corrected chi connectivity index (χ0v) is 15.8. The second-order valence-electron chi connectivity index (χ2n) is 7.36. The highest BCUT2D eigenvalue weighted by molar-refractivity contribution is 5.98. The van der Waals surface area contributed by atoms with Crippen molar-refractivity contribution in [2.24, 2.45) is 11.7 Å².